The molecular formula is C12H22O11. The highest BCUT2D eigenvalue weighted by Gasteiger charge is 2.50. The molecule has 11 heteroatoms. The highest BCUT2D eigenvalue weighted by Crippen LogP contribution is 2.28. The van der Waals surface area contributed by atoms with Gasteiger partial charge in [-0.3, -0.25) is 0 Å². The van der Waals surface area contributed by atoms with Gasteiger partial charge >= 0.3 is 0 Å². The Bertz CT molecular complexity index is 380. The van der Waals surface area contributed by atoms with Gasteiger partial charge in [0, 0.05) is 0 Å². The Morgan fingerprint density at radius 1 is 0.652 bits per heavy atom. The summed E-state index contributed by atoms with van der Waals surface area (Å²) in [6, 6.07) is 0. The molecule has 0 amide bonds. The largest absolute Gasteiger partial charge is 0.394 e. The highest BCUT2D eigenvalue weighted by atomic mass is 16.7. The molecule has 0 bridgehead atoms. The van der Waals surface area contributed by atoms with Gasteiger partial charge in [0.2, 0.25) is 0 Å². The Balaban J connectivity index is 2.11. The van der Waals surface area contributed by atoms with E-state index < -0.39 is 74.6 Å². The zero-order valence-corrected chi connectivity index (χ0v) is 12.0. The Hall–Kier alpha value is -0.440. The molecule has 2 aliphatic heterocycles. The molecule has 0 aromatic rings. The Morgan fingerprint density at radius 3 is 1.78 bits per heavy atom. The van der Waals surface area contributed by atoms with Gasteiger partial charge in [0.05, 0.1) is 13.2 Å². The van der Waals surface area contributed by atoms with Crippen LogP contribution >= 0.6 is 0 Å². The average molecular weight is 342 g/mol. The molecule has 8 N–H and O–H groups in total. The van der Waals surface area contributed by atoms with E-state index in [1.807, 2.05) is 0 Å². The van der Waals surface area contributed by atoms with E-state index >= 15 is 0 Å². The third kappa shape index (κ3) is 3.65. The maximum absolute atomic E-state index is 10.00. The van der Waals surface area contributed by atoms with E-state index in [2.05, 4.69) is 0 Å². The van der Waals surface area contributed by atoms with Crippen LogP contribution in [0.1, 0.15) is 0 Å². The second-order valence-electron chi connectivity index (χ2n) is 5.53. The molecule has 0 spiro atoms. The van der Waals surface area contributed by atoms with Gasteiger partial charge in [-0.15, -0.1) is 0 Å². The lowest BCUT2D eigenvalue weighted by Gasteiger charge is -2.45. The molecule has 0 saturated carbocycles. The number of hydrogen-bond acceptors (Lipinski definition) is 11. The molecule has 2 fully saturated rings. The molecule has 10 atom stereocenters. The fourth-order valence-electron chi connectivity index (χ4n) is 2.56. The molecule has 2 aliphatic rings. The van der Waals surface area contributed by atoms with Gasteiger partial charge < -0.3 is 55.1 Å². The standard InChI is InChI=1S/C12H22O11/c13-1-3-5(15)7(17)8(18)12(22-3)23-10-6(16)4(2-14)21-11(20)9(10)19/h3-20H,1-2H2/t3?,4?,5-,6-,7+,8?,9?,10+,11?,12+/m1/s1. The quantitative estimate of drug-likeness (QED) is 0.243. The maximum atomic E-state index is 10.00. The van der Waals surface area contributed by atoms with Crippen LogP contribution in [0.3, 0.4) is 0 Å². The highest BCUT2D eigenvalue weighted by molar-refractivity contribution is 4.93. The second-order valence-corrected chi connectivity index (χ2v) is 5.53. The molecule has 5 unspecified atom stereocenters. The van der Waals surface area contributed by atoms with Gasteiger partial charge in [-0.2, -0.15) is 0 Å². The minimum atomic E-state index is -1.76. The molecule has 11 nitrogen and oxygen atoms in total. The molecule has 0 radical (unpaired) electrons. The molecule has 2 rings (SSSR count). The lowest BCUT2D eigenvalue weighted by Crippen LogP contribution is -2.64. The van der Waals surface area contributed by atoms with Crippen LogP contribution in [0.2, 0.25) is 0 Å². The van der Waals surface area contributed by atoms with Gasteiger partial charge in [0.1, 0.15) is 48.8 Å². The fraction of sp³-hybridized carbons (Fsp3) is 1.00. The molecule has 0 aliphatic carbocycles. The Morgan fingerprint density at radius 2 is 1.22 bits per heavy atom. The summed E-state index contributed by atoms with van der Waals surface area (Å²) in [5, 5.41) is 76.8. The minimum absolute atomic E-state index is 0.667. The molecule has 2 saturated heterocycles. The summed E-state index contributed by atoms with van der Waals surface area (Å²) in [6.45, 7) is -1.34. The summed E-state index contributed by atoms with van der Waals surface area (Å²) in [5.41, 5.74) is 0. The van der Waals surface area contributed by atoms with Crippen LogP contribution < -0.4 is 0 Å². The summed E-state index contributed by atoms with van der Waals surface area (Å²) in [4.78, 5) is 0. The van der Waals surface area contributed by atoms with Crippen molar-refractivity contribution in [2.75, 3.05) is 13.2 Å². The Kier molecular flexibility index (Phi) is 6.27. The lowest BCUT2D eigenvalue weighted by atomic mass is 9.97. The number of ether oxygens (including phenoxy) is 3. The zero-order valence-electron chi connectivity index (χ0n) is 12.0. The summed E-state index contributed by atoms with van der Waals surface area (Å²) < 4.78 is 15.1. The molecular weight excluding hydrogens is 320 g/mol. The third-order valence-corrected chi connectivity index (χ3v) is 3.98. The van der Waals surface area contributed by atoms with Crippen molar-refractivity contribution in [3.63, 3.8) is 0 Å². The van der Waals surface area contributed by atoms with Crippen LogP contribution in [0.25, 0.3) is 0 Å². The molecule has 23 heavy (non-hydrogen) atoms. The number of rotatable bonds is 4. The molecule has 0 aromatic heterocycles. The fourth-order valence-corrected chi connectivity index (χ4v) is 2.56. The van der Waals surface area contributed by atoms with Gasteiger partial charge in [-0.05, 0) is 0 Å². The van der Waals surface area contributed by atoms with Crippen molar-refractivity contribution in [3.8, 4) is 0 Å². The van der Waals surface area contributed by atoms with Crippen molar-refractivity contribution in [3.05, 3.63) is 0 Å². The van der Waals surface area contributed by atoms with Crippen LogP contribution in [0.4, 0.5) is 0 Å². The van der Waals surface area contributed by atoms with Crippen LogP contribution in [-0.2, 0) is 14.2 Å². The van der Waals surface area contributed by atoms with Crippen molar-refractivity contribution in [2.45, 2.75) is 61.4 Å². The average Bonchev–Trinajstić information content (AvgIpc) is 2.54. The van der Waals surface area contributed by atoms with Crippen molar-refractivity contribution >= 4 is 0 Å². The van der Waals surface area contributed by atoms with E-state index in [9.17, 15) is 30.6 Å². The van der Waals surface area contributed by atoms with Crippen molar-refractivity contribution in [2.24, 2.45) is 0 Å². The first-order valence-corrected chi connectivity index (χ1v) is 7.08. The van der Waals surface area contributed by atoms with Crippen LogP contribution in [0.15, 0.2) is 0 Å². The van der Waals surface area contributed by atoms with Gasteiger partial charge in [-0.25, -0.2) is 0 Å². The molecule has 2 heterocycles. The number of hydrogen-bond donors (Lipinski definition) is 8. The number of aliphatic hydroxyl groups excluding tert-OH is 8. The van der Waals surface area contributed by atoms with E-state index in [4.69, 9.17) is 24.4 Å². The predicted octanol–water partition coefficient (Wildman–Crippen LogP) is -5.40. The summed E-state index contributed by atoms with van der Waals surface area (Å²) in [6.07, 6.45) is -15.7. The first kappa shape index (κ1) is 18.9. The van der Waals surface area contributed by atoms with E-state index in [0.29, 0.717) is 0 Å². The lowest BCUT2D eigenvalue weighted by molar-refractivity contribution is -0.355. The third-order valence-electron chi connectivity index (χ3n) is 3.98. The molecule has 0 aromatic carbocycles. The normalized spacial score (nSPS) is 51.7. The van der Waals surface area contributed by atoms with E-state index in [-0.39, 0.29) is 0 Å². The van der Waals surface area contributed by atoms with E-state index in [1.54, 1.807) is 0 Å². The minimum Gasteiger partial charge on any atom is -0.394 e. The summed E-state index contributed by atoms with van der Waals surface area (Å²) in [5.74, 6) is 0. The van der Waals surface area contributed by atoms with Gasteiger partial charge in [0.15, 0.2) is 12.6 Å². The van der Waals surface area contributed by atoms with E-state index in [0.717, 1.165) is 0 Å². The van der Waals surface area contributed by atoms with Crippen LogP contribution in [0, 0.1) is 0 Å². The topological polar surface area (TPSA) is 190 Å². The van der Waals surface area contributed by atoms with E-state index in [1.165, 1.54) is 0 Å². The predicted molar refractivity (Wildman–Crippen MR) is 68.6 cm³/mol. The molecule has 136 valence electrons. The summed E-state index contributed by atoms with van der Waals surface area (Å²) >= 11 is 0. The van der Waals surface area contributed by atoms with Gasteiger partial charge in [-0.1, -0.05) is 0 Å². The smallest absolute Gasteiger partial charge is 0.187 e. The first-order chi connectivity index (χ1) is 10.8. The van der Waals surface area contributed by atoms with Crippen molar-refractivity contribution in [1.29, 1.82) is 0 Å². The SMILES string of the molecule is OCC1O[C@@H](O[C@@H]2C(O)C(O)OC(CO)[C@H]2O)C(O)[C@@H](O)[C@@H]1O. The number of aliphatic hydroxyl groups is 8. The van der Waals surface area contributed by atoms with Crippen molar-refractivity contribution in [1.82, 2.24) is 0 Å². The maximum Gasteiger partial charge on any atom is 0.187 e. The first-order valence-electron chi connectivity index (χ1n) is 7.08. The second kappa shape index (κ2) is 7.63. The summed E-state index contributed by atoms with van der Waals surface area (Å²) in [7, 11) is 0. The van der Waals surface area contributed by atoms with Gasteiger partial charge in [0.25, 0.3) is 0 Å². The van der Waals surface area contributed by atoms with Crippen molar-refractivity contribution < 1.29 is 55.1 Å². The monoisotopic (exact) mass is 342 g/mol. The zero-order chi connectivity index (χ0) is 17.3. The van der Waals surface area contributed by atoms with Crippen LogP contribution in [-0.4, -0.2) is 115 Å². The Labute approximate surface area is 130 Å². The van der Waals surface area contributed by atoms with Crippen LogP contribution in [0.5, 0.6) is 0 Å².